The van der Waals surface area contributed by atoms with Gasteiger partial charge in [-0.05, 0) is 30.6 Å². The van der Waals surface area contributed by atoms with Crippen LogP contribution >= 0.6 is 0 Å². The van der Waals surface area contributed by atoms with Crippen LogP contribution in [0.5, 0.6) is 0 Å². The summed E-state index contributed by atoms with van der Waals surface area (Å²) in [5, 5.41) is 0. The Morgan fingerprint density at radius 2 is 2.09 bits per heavy atom. The van der Waals surface area contributed by atoms with E-state index in [0.29, 0.717) is 0 Å². The van der Waals surface area contributed by atoms with E-state index < -0.39 is 0 Å². The third-order valence-corrected chi connectivity index (χ3v) is 3.28. The summed E-state index contributed by atoms with van der Waals surface area (Å²) in [5.41, 5.74) is 0. The fourth-order valence-corrected chi connectivity index (χ4v) is 2.46. The molecule has 0 radical (unpaired) electrons. The zero-order chi connectivity index (χ0) is 8.27. The molecule has 1 aliphatic rings. The highest BCUT2D eigenvalue weighted by molar-refractivity contribution is 4.76. The van der Waals surface area contributed by atoms with Crippen molar-refractivity contribution in [1.29, 1.82) is 0 Å². The lowest BCUT2D eigenvalue weighted by molar-refractivity contribution is 0.334. The Bertz CT molecular complexity index is 107. The Morgan fingerprint density at radius 3 is 2.55 bits per heavy atom. The van der Waals surface area contributed by atoms with E-state index in [-0.39, 0.29) is 0 Å². The Hall–Kier alpha value is 0. The maximum atomic E-state index is 2.44. The third-order valence-electron chi connectivity index (χ3n) is 3.28. The summed E-state index contributed by atoms with van der Waals surface area (Å²) in [6.07, 6.45) is 7.30. The van der Waals surface area contributed by atoms with Crippen LogP contribution in [-0.2, 0) is 0 Å². The molecule has 3 atom stereocenters. The summed E-state index contributed by atoms with van der Waals surface area (Å²) in [7, 11) is 0. The first-order valence-corrected chi connectivity index (χ1v) is 5.24. The van der Waals surface area contributed by atoms with Crippen LogP contribution < -0.4 is 0 Å². The normalized spacial score (nSPS) is 34.1. The number of hydrogen-bond donors (Lipinski definition) is 0. The van der Waals surface area contributed by atoms with Crippen LogP contribution in [0.2, 0.25) is 0 Å². The number of rotatable bonds is 3. The zero-order valence-electron chi connectivity index (χ0n) is 8.27. The molecule has 0 amide bonds. The van der Waals surface area contributed by atoms with E-state index in [9.17, 15) is 0 Å². The first kappa shape index (κ1) is 9.09. The second kappa shape index (κ2) is 4.13. The second-order valence-electron chi connectivity index (χ2n) is 4.44. The van der Waals surface area contributed by atoms with Gasteiger partial charge in [-0.3, -0.25) is 0 Å². The van der Waals surface area contributed by atoms with E-state index in [0.717, 1.165) is 17.8 Å². The molecule has 2 unspecified atom stereocenters. The van der Waals surface area contributed by atoms with Gasteiger partial charge in [-0.25, -0.2) is 0 Å². The molecular formula is C11H22. The van der Waals surface area contributed by atoms with Crippen molar-refractivity contribution in [3.8, 4) is 0 Å². The Balaban J connectivity index is 2.25. The van der Waals surface area contributed by atoms with Crippen LogP contribution in [0.15, 0.2) is 0 Å². The summed E-state index contributed by atoms with van der Waals surface area (Å²) in [6, 6.07) is 0. The van der Waals surface area contributed by atoms with Crippen LogP contribution in [0.4, 0.5) is 0 Å². The lowest BCUT2D eigenvalue weighted by atomic mass is 9.88. The minimum Gasteiger partial charge on any atom is -0.0654 e. The van der Waals surface area contributed by atoms with Gasteiger partial charge in [-0.1, -0.05) is 40.0 Å². The first-order valence-electron chi connectivity index (χ1n) is 5.24. The predicted molar refractivity (Wildman–Crippen MR) is 50.6 cm³/mol. The second-order valence-corrected chi connectivity index (χ2v) is 4.44. The summed E-state index contributed by atoms with van der Waals surface area (Å²) in [5.74, 6) is 3.06. The summed E-state index contributed by atoms with van der Waals surface area (Å²) in [6.45, 7) is 7.14. The molecule has 0 aromatic rings. The van der Waals surface area contributed by atoms with Crippen molar-refractivity contribution in [2.24, 2.45) is 17.8 Å². The maximum Gasteiger partial charge on any atom is -0.0386 e. The van der Waals surface area contributed by atoms with Gasteiger partial charge in [0.1, 0.15) is 0 Å². The van der Waals surface area contributed by atoms with Crippen LogP contribution in [0, 0.1) is 17.8 Å². The van der Waals surface area contributed by atoms with Gasteiger partial charge in [0.25, 0.3) is 0 Å². The Kier molecular flexibility index (Phi) is 3.42. The molecule has 0 nitrogen and oxygen atoms in total. The van der Waals surface area contributed by atoms with Crippen molar-refractivity contribution >= 4 is 0 Å². The Labute approximate surface area is 71.4 Å². The van der Waals surface area contributed by atoms with Crippen molar-refractivity contribution < 1.29 is 0 Å². The minimum atomic E-state index is 0.991. The molecule has 66 valence electrons. The molecule has 0 heterocycles. The molecule has 0 heteroatoms. The van der Waals surface area contributed by atoms with Crippen molar-refractivity contribution in [3.05, 3.63) is 0 Å². The van der Waals surface area contributed by atoms with Gasteiger partial charge in [0.2, 0.25) is 0 Å². The molecule has 0 saturated heterocycles. The third kappa shape index (κ3) is 2.50. The van der Waals surface area contributed by atoms with E-state index >= 15 is 0 Å². The molecular weight excluding hydrogens is 132 g/mol. The maximum absolute atomic E-state index is 2.44. The molecule has 0 aromatic carbocycles. The molecule has 0 aromatic heterocycles. The van der Waals surface area contributed by atoms with Gasteiger partial charge in [0, 0.05) is 0 Å². The Morgan fingerprint density at radius 1 is 1.36 bits per heavy atom. The fraction of sp³-hybridized carbons (Fsp3) is 1.00. The van der Waals surface area contributed by atoms with Crippen molar-refractivity contribution in [3.63, 3.8) is 0 Å². The van der Waals surface area contributed by atoms with Crippen molar-refractivity contribution in [1.82, 2.24) is 0 Å². The van der Waals surface area contributed by atoms with Crippen LogP contribution in [-0.4, -0.2) is 0 Å². The lowest BCUT2D eigenvalue weighted by Gasteiger charge is -2.17. The molecule has 1 fully saturated rings. The van der Waals surface area contributed by atoms with E-state index in [2.05, 4.69) is 20.8 Å². The molecule has 1 aliphatic carbocycles. The molecule has 1 rings (SSSR count). The topological polar surface area (TPSA) is 0 Å². The van der Waals surface area contributed by atoms with Gasteiger partial charge in [-0.15, -0.1) is 0 Å². The van der Waals surface area contributed by atoms with E-state index in [1.807, 2.05) is 0 Å². The zero-order valence-corrected chi connectivity index (χ0v) is 8.27. The highest BCUT2D eigenvalue weighted by Gasteiger charge is 2.25. The summed E-state index contributed by atoms with van der Waals surface area (Å²) in [4.78, 5) is 0. The highest BCUT2D eigenvalue weighted by Crippen LogP contribution is 2.36. The monoisotopic (exact) mass is 154 g/mol. The fourth-order valence-electron chi connectivity index (χ4n) is 2.46. The predicted octanol–water partition coefficient (Wildman–Crippen LogP) is 3.86. The molecule has 0 aliphatic heterocycles. The first-order chi connectivity index (χ1) is 5.24. The molecule has 0 spiro atoms. The largest absolute Gasteiger partial charge is 0.0654 e. The standard InChI is InChI=1S/C11H22/c1-4-5-10(3)11-7-6-9(2)8-11/h9-11H,4-8H2,1-3H3/t9?,10-,11?/m0/s1. The van der Waals surface area contributed by atoms with Gasteiger partial charge in [0.15, 0.2) is 0 Å². The lowest BCUT2D eigenvalue weighted by Crippen LogP contribution is -2.07. The summed E-state index contributed by atoms with van der Waals surface area (Å²) < 4.78 is 0. The highest BCUT2D eigenvalue weighted by atomic mass is 14.3. The van der Waals surface area contributed by atoms with Gasteiger partial charge >= 0.3 is 0 Å². The SMILES string of the molecule is CCC[C@H](C)C1CCC(C)C1. The number of hydrogen-bond acceptors (Lipinski definition) is 0. The quantitative estimate of drug-likeness (QED) is 0.579. The molecule has 0 N–H and O–H groups in total. The average molecular weight is 154 g/mol. The van der Waals surface area contributed by atoms with Gasteiger partial charge < -0.3 is 0 Å². The molecule has 0 bridgehead atoms. The van der Waals surface area contributed by atoms with Crippen LogP contribution in [0.1, 0.15) is 52.9 Å². The minimum absolute atomic E-state index is 0.991. The van der Waals surface area contributed by atoms with Crippen LogP contribution in [0.3, 0.4) is 0 Å². The molecule has 11 heavy (non-hydrogen) atoms. The van der Waals surface area contributed by atoms with E-state index in [1.54, 1.807) is 0 Å². The summed E-state index contributed by atoms with van der Waals surface area (Å²) >= 11 is 0. The van der Waals surface area contributed by atoms with Crippen LogP contribution in [0.25, 0.3) is 0 Å². The van der Waals surface area contributed by atoms with E-state index in [1.165, 1.54) is 32.1 Å². The van der Waals surface area contributed by atoms with Gasteiger partial charge in [0.05, 0.1) is 0 Å². The van der Waals surface area contributed by atoms with Crippen molar-refractivity contribution in [2.75, 3.05) is 0 Å². The average Bonchev–Trinajstić information content (AvgIpc) is 2.36. The van der Waals surface area contributed by atoms with Gasteiger partial charge in [-0.2, -0.15) is 0 Å². The molecule has 1 saturated carbocycles. The van der Waals surface area contributed by atoms with E-state index in [4.69, 9.17) is 0 Å². The van der Waals surface area contributed by atoms with Crippen molar-refractivity contribution in [2.45, 2.75) is 52.9 Å². The smallest absolute Gasteiger partial charge is 0.0386 e.